The van der Waals surface area contributed by atoms with Crippen LogP contribution in [0.4, 0.5) is 0 Å². The van der Waals surface area contributed by atoms with Crippen LogP contribution in [0, 0.1) is 6.92 Å². The van der Waals surface area contributed by atoms with E-state index in [1.807, 2.05) is 31.2 Å². The fourth-order valence-corrected chi connectivity index (χ4v) is 3.48. The van der Waals surface area contributed by atoms with Crippen molar-refractivity contribution in [2.75, 3.05) is 52.7 Å². The van der Waals surface area contributed by atoms with Crippen LogP contribution in [0.5, 0.6) is 5.75 Å². The van der Waals surface area contributed by atoms with Crippen LogP contribution in [0.25, 0.3) is 0 Å². The molecule has 1 aromatic rings. The summed E-state index contributed by atoms with van der Waals surface area (Å²) in [6.07, 6.45) is 1.25. The van der Waals surface area contributed by atoms with Gasteiger partial charge in [0.1, 0.15) is 18.0 Å². The van der Waals surface area contributed by atoms with Crippen molar-refractivity contribution in [3.05, 3.63) is 29.8 Å². The minimum Gasteiger partial charge on any atom is -0.490 e. The average molecular weight is 351 g/mol. The predicted molar refractivity (Wildman–Crippen MR) is 93.9 cm³/mol. The number of aliphatic hydroxyl groups is 2. The Bertz CT molecular complexity index is 561. The topological polar surface area (TPSA) is 71.4 Å². The van der Waals surface area contributed by atoms with E-state index in [1.54, 1.807) is 0 Å². The fraction of sp³-hybridized carbons (Fsp3) is 0.684. The first-order chi connectivity index (χ1) is 12.0. The Morgan fingerprint density at radius 2 is 1.84 bits per heavy atom. The molecule has 1 atom stereocenters. The van der Waals surface area contributed by atoms with Gasteiger partial charge in [-0.05, 0) is 18.6 Å². The quantitative estimate of drug-likeness (QED) is 0.824. The number of hydrogen-bond donors (Lipinski definition) is 2. The Morgan fingerprint density at radius 1 is 1.08 bits per heavy atom. The van der Waals surface area contributed by atoms with Crippen molar-refractivity contribution in [2.45, 2.75) is 31.0 Å². The number of ether oxygens (including phenoxy) is 3. The molecule has 2 N–H and O–H groups in total. The van der Waals surface area contributed by atoms with Gasteiger partial charge in [0.25, 0.3) is 0 Å². The van der Waals surface area contributed by atoms with Gasteiger partial charge in [0.15, 0.2) is 0 Å². The lowest BCUT2D eigenvalue weighted by Gasteiger charge is -2.38. The second-order valence-electron chi connectivity index (χ2n) is 7.38. The van der Waals surface area contributed by atoms with Gasteiger partial charge in [-0.1, -0.05) is 18.2 Å². The largest absolute Gasteiger partial charge is 0.490 e. The average Bonchev–Trinajstić information content (AvgIpc) is 2.76. The molecule has 0 radical (unpaired) electrons. The van der Waals surface area contributed by atoms with E-state index < -0.39 is 11.2 Å². The Hall–Kier alpha value is -1.18. The predicted octanol–water partition coefficient (Wildman–Crippen LogP) is 0.979. The fourth-order valence-electron chi connectivity index (χ4n) is 3.48. The van der Waals surface area contributed by atoms with E-state index in [2.05, 4.69) is 4.90 Å². The normalized spacial score (nSPS) is 27.6. The summed E-state index contributed by atoms with van der Waals surface area (Å²) in [4.78, 5) is 2.08. The highest BCUT2D eigenvalue weighted by molar-refractivity contribution is 5.31. The summed E-state index contributed by atoms with van der Waals surface area (Å²) >= 11 is 0. The van der Waals surface area contributed by atoms with Gasteiger partial charge in [-0.2, -0.15) is 0 Å². The summed E-state index contributed by atoms with van der Waals surface area (Å²) < 4.78 is 16.8. The van der Waals surface area contributed by atoms with E-state index in [-0.39, 0.29) is 13.2 Å². The molecule has 0 saturated carbocycles. The SMILES string of the molecule is Cc1ccccc1OCC1(O)COCCN(CC2(O)CCOCC2)C1. The summed E-state index contributed by atoms with van der Waals surface area (Å²) in [5, 5.41) is 21.7. The molecule has 2 heterocycles. The minimum absolute atomic E-state index is 0.163. The molecule has 2 saturated heterocycles. The van der Waals surface area contributed by atoms with Crippen molar-refractivity contribution in [1.82, 2.24) is 4.90 Å². The molecule has 1 aromatic carbocycles. The molecule has 2 fully saturated rings. The Balaban J connectivity index is 1.61. The smallest absolute Gasteiger partial charge is 0.134 e. The second-order valence-corrected chi connectivity index (χ2v) is 7.38. The second kappa shape index (κ2) is 8.01. The minimum atomic E-state index is -1.10. The van der Waals surface area contributed by atoms with E-state index in [9.17, 15) is 10.2 Å². The maximum Gasteiger partial charge on any atom is 0.134 e. The van der Waals surface area contributed by atoms with Crippen molar-refractivity contribution in [3.8, 4) is 5.75 Å². The number of rotatable bonds is 5. The summed E-state index contributed by atoms with van der Waals surface area (Å²) in [6.45, 7) is 5.72. The molecule has 0 aliphatic carbocycles. The third-order valence-electron chi connectivity index (χ3n) is 4.97. The van der Waals surface area contributed by atoms with Crippen molar-refractivity contribution in [1.29, 1.82) is 0 Å². The van der Waals surface area contributed by atoms with Gasteiger partial charge in [0.2, 0.25) is 0 Å². The van der Waals surface area contributed by atoms with Gasteiger partial charge < -0.3 is 24.4 Å². The number of aryl methyl sites for hydroxylation is 1. The molecule has 0 bridgehead atoms. The molecule has 6 heteroatoms. The summed E-state index contributed by atoms with van der Waals surface area (Å²) in [7, 11) is 0. The Morgan fingerprint density at radius 3 is 2.60 bits per heavy atom. The van der Waals surface area contributed by atoms with Gasteiger partial charge in [-0.25, -0.2) is 0 Å². The van der Waals surface area contributed by atoms with E-state index in [1.165, 1.54) is 0 Å². The highest BCUT2D eigenvalue weighted by Crippen LogP contribution is 2.24. The highest BCUT2D eigenvalue weighted by atomic mass is 16.5. The maximum absolute atomic E-state index is 11.0. The Kier molecular flexibility index (Phi) is 5.96. The van der Waals surface area contributed by atoms with Gasteiger partial charge >= 0.3 is 0 Å². The number of β-amino-alcohol motifs (C(OH)–C–C–N with tert-alkyl or cyclic N) is 2. The summed E-state index contributed by atoms with van der Waals surface area (Å²) in [5.41, 5.74) is -0.810. The molecule has 3 rings (SSSR count). The number of nitrogens with zero attached hydrogens (tertiary/aromatic N) is 1. The first kappa shape index (κ1) is 18.6. The van der Waals surface area contributed by atoms with Crippen molar-refractivity contribution >= 4 is 0 Å². The van der Waals surface area contributed by atoms with Crippen molar-refractivity contribution in [2.24, 2.45) is 0 Å². The molecule has 25 heavy (non-hydrogen) atoms. The summed E-state index contributed by atoms with van der Waals surface area (Å²) in [5.74, 6) is 0.773. The summed E-state index contributed by atoms with van der Waals surface area (Å²) in [6, 6.07) is 7.76. The van der Waals surface area contributed by atoms with E-state index >= 15 is 0 Å². The molecule has 2 aliphatic heterocycles. The first-order valence-corrected chi connectivity index (χ1v) is 8.99. The van der Waals surface area contributed by atoms with Crippen LogP contribution in [0.15, 0.2) is 24.3 Å². The standard InChI is InChI=1S/C19H29NO5/c1-16-4-2-3-5-17(16)25-15-19(22)13-20(8-11-24-14-19)12-18(21)6-9-23-10-7-18/h2-5,21-22H,6-15H2,1H3. The van der Waals surface area contributed by atoms with Crippen LogP contribution < -0.4 is 4.74 Å². The molecule has 0 amide bonds. The number of benzene rings is 1. The number of para-hydroxylation sites is 1. The monoisotopic (exact) mass is 351 g/mol. The van der Waals surface area contributed by atoms with Gasteiger partial charge in [-0.15, -0.1) is 0 Å². The first-order valence-electron chi connectivity index (χ1n) is 8.99. The van der Waals surface area contributed by atoms with Crippen LogP contribution in [-0.4, -0.2) is 79.0 Å². The third kappa shape index (κ3) is 5.15. The molecular weight excluding hydrogens is 322 g/mol. The van der Waals surface area contributed by atoms with Crippen LogP contribution in [0.2, 0.25) is 0 Å². The van der Waals surface area contributed by atoms with Crippen LogP contribution in [0.3, 0.4) is 0 Å². The molecule has 140 valence electrons. The van der Waals surface area contributed by atoms with E-state index in [0.29, 0.717) is 52.3 Å². The molecule has 0 spiro atoms. The van der Waals surface area contributed by atoms with Crippen LogP contribution in [-0.2, 0) is 9.47 Å². The zero-order chi connectivity index (χ0) is 17.8. The van der Waals surface area contributed by atoms with Crippen molar-refractivity contribution < 1.29 is 24.4 Å². The number of hydrogen-bond acceptors (Lipinski definition) is 6. The molecular formula is C19H29NO5. The van der Waals surface area contributed by atoms with Crippen LogP contribution >= 0.6 is 0 Å². The van der Waals surface area contributed by atoms with E-state index in [0.717, 1.165) is 11.3 Å². The lowest BCUT2D eigenvalue weighted by Crippen LogP contribution is -2.53. The molecule has 6 nitrogen and oxygen atoms in total. The lowest BCUT2D eigenvalue weighted by atomic mass is 9.93. The van der Waals surface area contributed by atoms with Gasteiger partial charge in [0, 0.05) is 45.7 Å². The van der Waals surface area contributed by atoms with Crippen molar-refractivity contribution in [3.63, 3.8) is 0 Å². The molecule has 2 aliphatic rings. The Labute approximate surface area is 149 Å². The van der Waals surface area contributed by atoms with E-state index in [4.69, 9.17) is 14.2 Å². The highest BCUT2D eigenvalue weighted by Gasteiger charge is 2.38. The zero-order valence-electron chi connectivity index (χ0n) is 14.9. The maximum atomic E-state index is 11.0. The lowest BCUT2D eigenvalue weighted by molar-refractivity contribution is -0.0948. The van der Waals surface area contributed by atoms with Crippen LogP contribution in [0.1, 0.15) is 18.4 Å². The zero-order valence-corrected chi connectivity index (χ0v) is 14.9. The molecule has 1 unspecified atom stereocenters. The van der Waals surface area contributed by atoms with Gasteiger partial charge in [-0.3, -0.25) is 4.90 Å². The van der Waals surface area contributed by atoms with Gasteiger partial charge in [0.05, 0.1) is 18.8 Å². The molecule has 0 aromatic heterocycles. The third-order valence-corrected chi connectivity index (χ3v) is 4.97.